The minimum absolute atomic E-state index is 0.118. The fourth-order valence-corrected chi connectivity index (χ4v) is 3.15. The largest absolute Gasteiger partial charge is 0.465 e. The first-order valence-electron chi connectivity index (χ1n) is 9.84. The van der Waals surface area contributed by atoms with Crippen LogP contribution in [0.4, 0.5) is 0 Å². The lowest BCUT2D eigenvalue weighted by Crippen LogP contribution is -2.36. The Balaban J connectivity index is 1.83. The molecule has 0 radical (unpaired) electrons. The second-order valence-corrected chi connectivity index (χ2v) is 7.45. The zero-order valence-electron chi connectivity index (χ0n) is 17.7. The summed E-state index contributed by atoms with van der Waals surface area (Å²) >= 11 is 0. The third kappa shape index (κ3) is 5.26. The van der Waals surface area contributed by atoms with Crippen LogP contribution >= 0.6 is 0 Å². The third-order valence-electron chi connectivity index (χ3n) is 4.89. The van der Waals surface area contributed by atoms with E-state index in [1.807, 2.05) is 52.0 Å². The van der Waals surface area contributed by atoms with E-state index >= 15 is 0 Å². The number of carbonyl (C=O) groups excluding carboxylic acids is 2. The van der Waals surface area contributed by atoms with E-state index in [0.717, 1.165) is 22.3 Å². The second kappa shape index (κ2) is 9.27. The van der Waals surface area contributed by atoms with Crippen LogP contribution in [0.1, 0.15) is 51.3 Å². The van der Waals surface area contributed by atoms with Crippen molar-refractivity contribution in [2.24, 2.45) is 0 Å². The molecule has 0 saturated heterocycles. The van der Waals surface area contributed by atoms with Crippen molar-refractivity contribution in [3.05, 3.63) is 100 Å². The van der Waals surface area contributed by atoms with Crippen LogP contribution in [0.15, 0.2) is 71.0 Å². The fraction of sp³-hybridized carbons (Fsp3) is 0.200. The quantitative estimate of drug-likeness (QED) is 0.579. The maximum Gasteiger partial charge on any atom is 0.268 e. The van der Waals surface area contributed by atoms with Crippen LogP contribution in [0.5, 0.6) is 0 Å². The van der Waals surface area contributed by atoms with Gasteiger partial charge in [0.05, 0.1) is 12.3 Å². The zero-order valence-corrected chi connectivity index (χ0v) is 17.7. The number of amides is 2. The van der Waals surface area contributed by atoms with Crippen LogP contribution < -0.4 is 10.6 Å². The number of benzene rings is 2. The molecule has 2 N–H and O–H groups in total. The molecule has 2 amide bonds. The Hall–Kier alpha value is -3.60. The smallest absolute Gasteiger partial charge is 0.268 e. The summed E-state index contributed by atoms with van der Waals surface area (Å²) in [4.78, 5) is 25.7. The molecule has 1 heterocycles. The standard InChI is InChI=1S/C25H26N2O3/c1-16-8-11-20(12-9-16)24(28)27-23(15-21-6-5-13-30-21)25(29)26-19(4)22-14-17(2)7-10-18(22)3/h5-15,19H,1-4H3,(H,26,29)(H,27,28)/b23-15-. The fourth-order valence-electron chi connectivity index (χ4n) is 3.15. The molecule has 5 heteroatoms. The van der Waals surface area contributed by atoms with Gasteiger partial charge >= 0.3 is 0 Å². The summed E-state index contributed by atoms with van der Waals surface area (Å²) in [6, 6.07) is 16.5. The predicted octanol–water partition coefficient (Wildman–Crippen LogP) is 4.85. The van der Waals surface area contributed by atoms with Crippen LogP contribution in [0.25, 0.3) is 6.08 Å². The lowest BCUT2D eigenvalue weighted by molar-refractivity contribution is -0.118. The van der Waals surface area contributed by atoms with Gasteiger partial charge in [-0.1, -0.05) is 41.5 Å². The minimum atomic E-state index is -0.389. The molecular weight excluding hydrogens is 376 g/mol. The molecule has 0 aliphatic heterocycles. The number of nitrogens with one attached hydrogen (secondary N) is 2. The Morgan fingerprint density at radius 2 is 1.67 bits per heavy atom. The third-order valence-corrected chi connectivity index (χ3v) is 4.89. The predicted molar refractivity (Wildman–Crippen MR) is 118 cm³/mol. The molecule has 0 spiro atoms. The highest BCUT2D eigenvalue weighted by Gasteiger charge is 2.19. The SMILES string of the molecule is Cc1ccc(C(=O)N/C(=C\c2ccco2)C(=O)NC(C)c2cc(C)ccc2C)cc1. The molecule has 154 valence electrons. The maximum absolute atomic E-state index is 13.0. The normalized spacial score (nSPS) is 12.3. The Morgan fingerprint density at radius 3 is 2.33 bits per heavy atom. The van der Waals surface area contributed by atoms with E-state index in [9.17, 15) is 9.59 Å². The monoisotopic (exact) mass is 402 g/mol. The first kappa shape index (κ1) is 21.1. The number of hydrogen-bond acceptors (Lipinski definition) is 3. The van der Waals surface area contributed by atoms with Gasteiger partial charge in [0.25, 0.3) is 11.8 Å². The summed E-state index contributed by atoms with van der Waals surface area (Å²) in [6.45, 7) is 7.90. The van der Waals surface area contributed by atoms with E-state index in [-0.39, 0.29) is 23.6 Å². The average molecular weight is 402 g/mol. The highest BCUT2D eigenvalue weighted by Crippen LogP contribution is 2.19. The highest BCUT2D eigenvalue weighted by atomic mass is 16.3. The van der Waals surface area contributed by atoms with E-state index in [0.29, 0.717) is 11.3 Å². The van der Waals surface area contributed by atoms with Gasteiger partial charge in [0.15, 0.2) is 0 Å². The molecule has 30 heavy (non-hydrogen) atoms. The van der Waals surface area contributed by atoms with Gasteiger partial charge in [-0.3, -0.25) is 9.59 Å². The molecule has 3 rings (SSSR count). The van der Waals surface area contributed by atoms with Crippen molar-refractivity contribution >= 4 is 17.9 Å². The summed E-state index contributed by atoms with van der Waals surface area (Å²) in [5.74, 6) is -0.272. The molecule has 3 aromatic rings. The molecule has 0 bridgehead atoms. The zero-order chi connectivity index (χ0) is 21.7. The second-order valence-electron chi connectivity index (χ2n) is 7.45. The highest BCUT2D eigenvalue weighted by molar-refractivity contribution is 6.05. The van der Waals surface area contributed by atoms with Gasteiger partial charge < -0.3 is 15.1 Å². The van der Waals surface area contributed by atoms with Gasteiger partial charge in [0.2, 0.25) is 0 Å². The topological polar surface area (TPSA) is 71.3 Å². The van der Waals surface area contributed by atoms with Crippen LogP contribution in [0, 0.1) is 20.8 Å². The van der Waals surface area contributed by atoms with Crippen molar-refractivity contribution in [1.82, 2.24) is 10.6 Å². The number of furan rings is 1. The molecule has 0 saturated carbocycles. The number of aryl methyl sites for hydroxylation is 3. The van der Waals surface area contributed by atoms with Gasteiger partial charge in [0, 0.05) is 11.6 Å². The van der Waals surface area contributed by atoms with Gasteiger partial charge in [0.1, 0.15) is 11.5 Å². The number of hydrogen-bond donors (Lipinski definition) is 2. The Bertz CT molecular complexity index is 1060. The molecule has 2 aromatic carbocycles. The van der Waals surface area contributed by atoms with Crippen molar-refractivity contribution in [3.63, 3.8) is 0 Å². The van der Waals surface area contributed by atoms with E-state index in [1.165, 1.54) is 12.3 Å². The maximum atomic E-state index is 13.0. The van der Waals surface area contributed by atoms with Gasteiger partial charge in [-0.25, -0.2) is 0 Å². The molecular formula is C25H26N2O3. The minimum Gasteiger partial charge on any atom is -0.465 e. The van der Waals surface area contributed by atoms with Crippen molar-refractivity contribution in [1.29, 1.82) is 0 Å². The summed E-state index contributed by atoms with van der Waals surface area (Å²) in [7, 11) is 0. The summed E-state index contributed by atoms with van der Waals surface area (Å²) in [5, 5.41) is 5.70. The van der Waals surface area contributed by atoms with Crippen molar-refractivity contribution in [2.45, 2.75) is 33.7 Å². The van der Waals surface area contributed by atoms with Crippen molar-refractivity contribution < 1.29 is 14.0 Å². The lowest BCUT2D eigenvalue weighted by atomic mass is 10.00. The Labute approximate surface area is 176 Å². The summed E-state index contributed by atoms with van der Waals surface area (Å²) in [6.07, 6.45) is 3.04. The van der Waals surface area contributed by atoms with Crippen LogP contribution in [-0.2, 0) is 4.79 Å². The first-order chi connectivity index (χ1) is 14.3. The summed E-state index contributed by atoms with van der Waals surface area (Å²) in [5.41, 5.74) is 4.89. The van der Waals surface area contributed by atoms with Gasteiger partial charge in [-0.2, -0.15) is 0 Å². The molecule has 1 unspecified atom stereocenters. The van der Waals surface area contributed by atoms with E-state index in [4.69, 9.17) is 4.42 Å². The number of rotatable bonds is 6. The Kier molecular flexibility index (Phi) is 6.52. The molecule has 0 aliphatic rings. The van der Waals surface area contributed by atoms with Gasteiger partial charge in [-0.15, -0.1) is 0 Å². The summed E-state index contributed by atoms with van der Waals surface area (Å²) < 4.78 is 5.33. The first-order valence-corrected chi connectivity index (χ1v) is 9.84. The van der Waals surface area contributed by atoms with Crippen molar-refractivity contribution in [2.75, 3.05) is 0 Å². The van der Waals surface area contributed by atoms with Crippen LogP contribution in [0.3, 0.4) is 0 Å². The molecule has 5 nitrogen and oxygen atoms in total. The average Bonchev–Trinajstić information content (AvgIpc) is 3.22. The molecule has 1 aromatic heterocycles. The molecule has 0 fully saturated rings. The van der Waals surface area contributed by atoms with Gasteiger partial charge in [-0.05, 0) is 63.1 Å². The van der Waals surface area contributed by atoms with E-state index in [1.54, 1.807) is 24.3 Å². The van der Waals surface area contributed by atoms with Crippen LogP contribution in [0.2, 0.25) is 0 Å². The van der Waals surface area contributed by atoms with E-state index < -0.39 is 0 Å². The van der Waals surface area contributed by atoms with Crippen LogP contribution in [-0.4, -0.2) is 11.8 Å². The number of carbonyl (C=O) groups is 2. The lowest BCUT2D eigenvalue weighted by Gasteiger charge is -2.19. The Morgan fingerprint density at radius 1 is 0.967 bits per heavy atom. The van der Waals surface area contributed by atoms with Crippen molar-refractivity contribution in [3.8, 4) is 0 Å². The molecule has 0 aliphatic carbocycles. The van der Waals surface area contributed by atoms with E-state index in [2.05, 4.69) is 16.7 Å². The molecule has 1 atom stereocenters.